The van der Waals surface area contributed by atoms with Crippen LogP contribution < -0.4 is 20.1 Å². The number of ether oxygens (including phenoxy) is 2. The summed E-state index contributed by atoms with van der Waals surface area (Å²) in [5, 5.41) is 5.26. The lowest BCUT2D eigenvalue weighted by Gasteiger charge is -2.10. The molecule has 180 valence electrons. The van der Waals surface area contributed by atoms with Gasteiger partial charge in [0.2, 0.25) is 5.89 Å². The number of nitrogens with one attached hydrogen (secondary N) is 2. The molecule has 0 saturated heterocycles. The highest BCUT2D eigenvalue weighted by atomic mass is 19.4. The fourth-order valence-electron chi connectivity index (χ4n) is 2.77. The Morgan fingerprint density at radius 3 is 2.35 bits per heavy atom. The van der Waals surface area contributed by atoms with E-state index >= 15 is 0 Å². The molecule has 3 aromatic rings. The number of alkyl halides is 3. The van der Waals surface area contributed by atoms with Gasteiger partial charge < -0.3 is 24.5 Å². The molecule has 0 radical (unpaired) electrons. The van der Waals surface area contributed by atoms with Gasteiger partial charge in [0.15, 0.2) is 12.3 Å². The van der Waals surface area contributed by atoms with Crippen molar-refractivity contribution in [3.8, 4) is 11.5 Å². The molecule has 34 heavy (non-hydrogen) atoms. The van der Waals surface area contributed by atoms with Crippen molar-refractivity contribution in [1.82, 2.24) is 15.6 Å². The van der Waals surface area contributed by atoms with Crippen molar-refractivity contribution in [2.75, 3.05) is 13.2 Å². The number of carbonyl (C=O) groups excluding carboxylic acids is 2. The summed E-state index contributed by atoms with van der Waals surface area (Å²) < 4.78 is 50.6. The number of nitrogens with zero attached hydrogens (tertiary/aromatic N) is 1. The molecule has 0 unspecified atom stereocenters. The highest BCUT2D eigenvalue weighted by molar-refractivity contribution is 5.91. The number of hydrogen-bond acceptors (Lipinski definition) is 6. The molecule has 2 aromatic carbocycles. The molecular formula is C23H22F3N3O5. The minimum atomic E-state index is -4.79. The number of rotatable bonds is 10. The fraction of sp³-hybridized carbons (Fsp3) is 0.261. The van der Waals surface area contributed by atoms with Gasteiger partial charge in [-0.25, -0.2) is 4.98 Å². The summed E-state index contributed by atoms with van der Waals surface area (Å²) in [6.07, 6.45) is -2.92. The van der Waals surface area contributed by atoms with Crippen LogP contribution in [0.25, 0.3) is 0 Å². The maximum absolute atomic E-state index is 12.2. The molecule has 2 N–H and O–H groups in total. The van der Waals surface area contributed by atoms with Crippen molar-refractivity contribution in [3.63, 3.8) is 0 Å². The zero-order chi connectivity index (χ0) is 24.6. The van der Waals surface area contributed by atoms with Gasteiger partial charge in [-0.05, 0) is 43.2 Å². The van der Waals surface area contributed by atoms with E-state index in [1.807, 2.05) is 31.2 Å². The highest BCUT2D eigenvalue weighted by Crippen LogP contribution is 2.24. The largest absolute Gasteiger partial charge is 0.573 e. The Kier molecular flexibility index (Phi) is 8.12. The molecule has 0 aliphatic carbocycles. The van der Waals surface area contributed by atoms with Crippen molar-refractivity contribution in [1.29, 1.82) is 0 Å². The van der Waals surface area contributed by atoms with Crippen molar-refractivity contribution < 1.29 is 36.7 Å². The maximum Gasteiger partial charge on any atom is 0.573 e. The average molecular weight is 477 g/mol. The van der Waals surface area contributed by atoms with Gasteiger partial charge in [-0.15, -0.1) is 13.2 Å². The van der Waals surface area contributed by atoms with Crippen LogP contribution in [-0.2, 0) is 17.8 Å². The molecule has 8 nitrogen and oxygen atoms in total. The van der Waals surface area contributed by atoms with E-state index in [1.165, 1.54) is 18.4 Å². The second-order valence-electron chi connectivity index (χ2n) is 7.20. The molecule has 0 atom stereocenters. The predicted octanol–water partition coefficient (Wildman–Crippen LogP) is 3.55. The fourth-order valence-corrected chi connectivity index (χ4v) is 2.77. The number of aromatic nitrogens is 1. The Bertz CT molecular complexity index is 1100. The maximum atomic E-state index is 12.2. The lowest BCUT2D eigenvalue weighted by Crippen LogP contribution is -2.29. The molecule has 1 aromatic heterocycles. The van der Waals surface area contributed by atoms with Crippen LogP contribution in [0.3, 0.4) is 0 Å². The molecule has 0 saturated carbocycles. The van der Waals surface area contributed by atoms with Gasteiger partial charge in [-0.3, -0.25) is 9.59 Å². The van der Waals surface area contributed by atoms with E-state index in [1.54, 1.807) is 0 Å². The van der Waals surface area contributed by atoms with Crippen LogP contribution in [0.15, 0.2) is 59.2 Å². The number of oxazole rings is 1. The highest BCUT2D eigenvalue weighted by Gasteiger charge is 2.31. The van der Waals surface area contributed by atoms with Crippen molar-refractivity contribution in [2.24, 2.45) is 0 Å². The van der Waals surface area contributed by atoms with Crippen molar-refractivity contribution >= 4 is 11.8 Å². The van der Waals surface area contributed by atoms with Gasteiger partial charge in [0.1, 0.15) is 17.8 Å². The summed E-state index contributed by atoms with van der Waals surface area (Å²) in [5.74, 6) is -0.994. The number of amides is 2. The van der Waals surface area contributed by atoms with Crippen LogP contribution in [-0.4, -0.2) is 36.3 Å². The molecule has 11 heteroatoms. The van der Waals surface area contributed by atoms with Crippen LogP contribution in [0.5, 0.6) is 11.5 Å². The standard InChI is InChI=1S/C23H22F3N3O5/c1-15-2-4-16(5-3-15)10-11-27-22(31)19-13-33-21(29-19)12-28-20(30)14-32-17-6-8-18(9-7-17)34-23(24,25)26/h2-9,13H,10-12,14H2,1H3,(H,27,31)(H,28,30). The Morgan fingerprint density at radius 1 is 1.00 bits per heavy atom. The van der Waals surface area contributed by atoms with Crippen LogP contribution in [0.2, 0.25) is 0 Å². The van der Waals surface area contributed by atoms with Gasteiger partial charge >= 0.3 is 6.36 Å². The molecule has 0 aliphatic heterocycles. The lowest BCUT2D eigenvalue weighted by atomic mass is 10.1. The van der Waals surface area contributed by atoms with E-state index in [9.17, 15) is 22.8 Å². The molecule has 0 bridgehead atoms. The minimum Gasteiger partial charge on any atom is -0.484 e. The van der Waals surface area contributed by atoms with E-state index in [0.29, 0.717) is 13.0 Å². The summed E-state index contributed by atoms with van der Waals surface area (Å²) in [4.78, 5) is 28.1. The van der Waals surface area contributed by atoms with Gasteiger partial charge in [-0.2, -0.15) is 0 Å². The second kappa shape index (κ2) is 11.2. The Balaban J connectivity index is 1.37. The summed E-state index contributed by atoms with van der Waals surface area (Å²) in [7, 11) is 0. The number of aryl methyl sites for hydroxylation is 1. The van der Waals surface area contributed by atoms with E-state index in [4.69, 9.17) is 9.15 Å². The Morgan fingerprint density at radius 2 is 1.68 bits per heavy atom. The Labute approximate surface area is 193 Å². The van der Waals surface area contributed by atoms with E-state index in [2.05, 4.69) is 20.4 Å². The van der Waals surface area contributed by atoms with Crippen molar-refractivity contribution in [2.45, 2.75) is 26.3 Å². The smallest absolute Gasteiger partial charge is 0.484 e. The zero-order valence-electron chi connectivity index (χ0n) is 18.1. The molecule has 1 heterocycles. The quantitative estimate of drug-likeness (QED) is 0.463. The van der Waals surface area contributed by atoms with Gasteiger partial charge in [0.05, 0.1) is 6.54 Å². The summed E-state index contributed by atoms with van der Waals surface area (Å²) in [5.41, 5.74) is 2.35. The predicted molar refractivity (Wildman–Crippen MR) is 114 cm³/mol. The summed E-state index contributed by atoms with van der Waals surface area (Å²) >= 11 is 0. The van der Waals surface area contributed by atoms with Gasteiger partial charge in [0, 0.05) is 6.54 Å². The topological polar surface area (TPSA) is 103 Å². The second-order valence-corrected chi connectivity index (χ2v) is 7.20. The third-order valence-electron chi connectivity index (χ3n) is 4.47. The van der Waals surface area contributed by atoms with Crippen LogP contribution >= 0.6 is 0 Å². The molecule has 3 rings (SSSR count). The first-order valence-electron chi connectivity index (χ1n) is 10.2. The van der Waals surface area contributed by atoms with E-state index in [0.717, 1.165) is 23.3 Å². The Hall–Kier alpha value is -4.02. The number of carbonyl (C=O) groups is 2. The monoisotopic (exact) mass is 477 g/mol. The van der Waals surface area contributed by atoms with E-state index in [-0.39, 0.29) is 30.5 Å². The molecule has 0 fully saturated rings. The first kappa shape index (κ1) is 24.6. The number of halogens is 3. The molecule has 0 aliphatic rings. The van der Waals surface area contributed by atoms with Crippen LogP contribution in [0.1, 0.15) is 27.5 Å². The SMILES string of the molecule is Cc1ccc(CCNC(=O)c2coc(CNC(=O)COc3ccc(OC(F)(F)F)cc3)n2)cc1. The first-order chi connectivity index (χ1) is 16.2. The average Bonchev–Trinajstić information content (AvgIpc) is 3.27. The third kappa shape index (κ3) is 8.15. The number of hydrogen-bond donors (Lipinski definition) is 2. The molecular weight excluding hydrogens is 455 g/mol. The van der Waals surface area contributed by atoms with Crippen LogP contribution in [0, 0.1) is 6.92 Å². The zero-order valence-corrected chi connectivity index (χ0v) is 18.1. The third-order valence-corrected chi connectivity index (χ3v) is 4.47. The number of benzene rings is 2. The summed E-state index contributed by atoms with van der Waals surface area (Å²) in [6, 6.07) is 12.6. The van der Waals surface area contributed by atoms with Gasteiger partial charge in [-0.1, -0.05) is 29.8 Å². The van der Waals surface area contributed by atoms with Crippen molar-refractivity contribution in [3.05, 3.63) is 77.5 Å². The lowest BCUT2D eigenvalue weighted by molar-refractivity contribution is -0.274. The van der Waals surface area contributed by atoms with Crippen LogP contribution in [0.4, 0.5) is 13.2 Å². The first-order valence-corrected chi connectivity index (χ1v) is 10.2. The normalized spacial score (nSPS) is 11.1. The molecule has 2 amide bonds. The van der Waals surface area contributed by atoms with Gasteiger partial charge in [0.25, 0.3) is 11.8 Å². The van der Waals surface area contributed by atoms with E-state index < -0.39 is 23.9 Å². The summed E-state index contributed by atoms with van der Waals surface area (Å²) in [6.45, 7) is 1.98. The molecule has 0 spiro atoms. The minimum absolute atomic E-state index is 0.0722.